The van der Waals surface area contributed by atoms with E-state index < -0.39 is 12.5 Å². The van der Waals surface area contributed by atoms with Crippen LogP contribution in [-0.2, 0) is 4.79 Å². The molecule has 0 aliphatic rings. The second kappa shape index (κ2) is 4.63. The van der Waals surface area contributed by atoms with Crippen molar-refractivity contribution >= 4 is 38.3 Å². The van der Waals surface area contributed by atoms with Crippen LogP contribution in [-0.4, -0.2) is 33.0 Å². The van der Waals surface area contributed by atoms with Gasteiger partial charge in [-0.15, -0.1) is 5.23 Å². The van der Waals surface area contributed by atoms with Gasteiger partial charge >= 0.3 is 0 Å². The minimum absolute atomic E-state index is 0.00510. The monoisotopic (exact) mass is 255 g/mol. The molecule has 17 heavy (non-hydrogen) atoms. The lowest BCUT2D eigenvalue weighted by atomic mass is 10.3. The Kier molecular flexibility index (Phi) is 3.20. The third-order valence-electron chi connectivity index (χ3n) is 1.99. The fourth-order valence-electron chi connectivity index (χ4n) is 1.25. The number of aliphatic hydroxyl groups is 1. The normalized spacial score (nSPS) is 10.5. The fraction of sp³-hybridized carbons (Fsp3) is 0.111. The summed E-state index contributed by atoms with van der Waals surface area (Å²) in [7, 11) is 0. The van der Waals surface area contributed by atoms with Crippen LogP contribution in [0.1, 0.15) is 0 Å². The summed E-state index contributed by atoms with van der Waals surface area (Å²) in [5.74, 6) is -0.546. The Labute approximate surface area is 99.5 Å². The van der Waals surface area contributed by atoms with Gasteiger partial charge in [-0.05, 0) is 18.2 Å². The molecule has 2 rings (SSSR count). The van der Waals surface area contributed by atoms with Crippen molar-refractivity contribution in [1.29, 1.82) is 0 Å². The number of fused-ring (bicyclic) bond motifs is 1. The molecule has 90 valence electrons. The van der Waals surface area contributed by atoms with Gasteiger partial charge in [0.1, 0.15) is 6.61 Å². The van der Waals surface area contributed by atoms with Crippen molar-refractivity contribution in [2.24, 2.45) is 0 Å². The predicted molar refractivity (Wildman–Crippen MR) is 61.4 cm³/mol. The number of aliphatic hydroxyl groups excluding tert-OH is 1. The number of rotatable bonds is 3. The van der Waals surface area contributed by atoms with E-state index in [9.17, 15) is 4.79 Å². The molecular formula is C9H9N3O4S. The van der Waals surface area contributed by atoms with Gasteiger partial charge in [-0.25, -0.2) is 4.98 Å². The molecule has 0 radical (unpaired) electrons. The summed E-state index contributed by atoms with van der Waals surface area (Å²) in [5.41, 5.74) is 0.815. The van der Waals surface area contributed by atoms with Crippen LogP contribution in [0.4, 0.5) is 10.8 Å². The van der Waals surface area contributed by atoms with Gasteiger partial charge in [-0.2, -0.15) is 0 Å². The molecule has 1 heterocycles. The first-order valence-corrected chi connectivity index (χ1v) is 5.41. The van der Waals surface area contributed by atoms with Crippen molar-refractivity contribution in [1.82, 2.24) is 4.98 Å². The van der Waals surface area contributed by atoms with Crippen LogP contribution in [0.5, 0.6) is 0 Å². The molecule has 0 bridgehead atoms. The average molecular weight is 255 g/mol. The Balaban J connectivity index is 2.33. The number of hydrogen-bond acceptors (Lipinski definition) is 7. The number of carbonyl (C=O) groups is 1. The first-order valence-electron chi connectivity index (χ1n) is 4.59. The quantitative estimate of drug-likeness (QED) is 0.605. The molecule has 0 fully saturated rings. The summed E-state index contributed by atoms with van der Waals surface area (Å²) in [4.78, 5) is 15.0. The predicted octanol–water partition coefficient (Wildman–Crippen LogP) is 0.812. The van der Waals surface area contributed by atoms with Gasteiger partial charge < -0.3 is 5.11 Å². The average Bonchev–Trinajstić information content (AvgIpc) is 2.69. The topological polar surface area (TPSA) is 106 Å². The number of benzene rings is 1. The highest BCUT2D eigenvalue weighted by Gasteiger charge is 2.08. The van der Waals surface area contributed by atoms with E-state index in [1.165, 1.54) is 23.5 Å². The molecule has 0 atom stereocenters. The van der Waals surface area contributed by atoms with E-state index >= 15 is 0 Å². The number of carbonyl (C=O) groups excluding carboxylic acids is 1. The Morgan fingerprint density at radius 3 is 2.88 bits per heavy atom. The van der Waals surface area contributed by atoms with E-state index in [1.807, 2.05) is 0 Å². The zero-order valence-corrected chi connectivity index (χ0v) is 9.31. The van der Waals surface area contributed by atoms with Crippen LogP contribution in [0.3, 0.4) is 0 Å². The number of hydrogen-bond donors (Lipinski definition) is 4. The molecule has 0 saturated heterocycles. The molecule has 0 saturated carbocycles. The number of amides is 1. The minimum Gasteiger partial charge on any atom is -0.387 e. The van der Waals surface area contributed by atoms with Crippen LogP contribution in [0.2, 0.25) is 0 Å². The second-order valence-corrected chi connectivity index (χ2v) is 4.20. The molecule has 1 amide bonds. The Morgan fingerprint density at radius 2 is 2.24 bits per heavy atom. The number of nitrogens with zero attached hydrogens (tertiary/aromatic N) is 2. The lowest BCUT2D eigenvalue weighted by Crippen LogP contribution is -2.14. The largest absolute Gasteiger partial charge is 0.387 e. The molecule has 0 unspecified atom stereocenters. The van der Waals surface area contributed by atoms with Gasteiger partial charge in [-0.1, -0.05) is 11.3 Å². The van der Waals surface area contributed by atoms with Gasteiger partial charge in [0.2, 0.25) is 0 Å². The van der Waals surface area contributed by atoms with E-state index in [0.717, 1.165) is 0 Å². The lowest BCUT2D eigenvalue weighted by Gasteiger charge is -2.06. The summed E-state index contributed by atoms with van der Waals surface area (Å²) in [5, 5.41) is 29.0. The Hall–Kier alpha value is -1.74. The lowest BCUT2D eigenvalue weighted by molar-refractivity contribution is -0.118. The van der Waals surface area contributed by atoms with E-state index in [-0.39, 0.29) is 10.9 Å². The zero-order chi connectivity index (χ0) is 12.4. The molecule has 1 aromatic heterocycles. The summed E-state index contributed by atoms with van der Waals surface area (Å²) >= 11 is 1.17. The highest BCUT2D eigenvalue weighted by molar-refractivity contribution is 7.22. The molecule has 0 aliphatic heterocycles. The standard InChI is InChI=1S/C9H9N3O4S/c13-4-8(14)11-9-10-6-2-1-5(12(15)16)3-7(6)17-9/h1-3,13,15-16H,4H2,(H,10,11,14). The first kappa shape index (κ1) is 11.7. The fourth-order valence-corrected chi connectivity index (χ4v) is 2.17. The molecule has 0 spiro atoms. The van der Waals surface area contributed by atoms with Crippen LogP contribution in [0.15, 0.2) is 18.2 Å². The number of anilines is 2. The van der Waals surface area contributed by atoms with E-state index in [4.69, 9.17) is 15.5 Å². The van der Waals surface area contributed by atoms with Crippen molar-refractivity contribution in [2.75, 3.05) is 17.2 Å². The van der Waals surface area contributed by atoms with Crippen molar-refractivity contribution in [2.45, 2.75) is 0 Å². The highest BCUT2D eigenvalue weighted by atomic mass is 32.1. The van der Waals surface area contributed by atoms with Crippen molar-refractivity contribution < 1.29 is 20.3 Å². The van der Waals surface area contributed by atoms with Gasteiger partial charge in [-0.3, -0.25) is 20.5 Å². The maximum Gasteiger partial charge on any atom is 0.251 e. The molecule has 2 aromatic rings. The van der Waals surface area contributed by atoms with Crippen LogP contribution in [0, 0.1) is 0 Å². The smallest absolute Gasteiger partial charge is 0.251 e. The molecule has 8 heteroatoms. The van der Waals surface area contributed by atoms with Gasteiger partial charge in [0, 0.05) is 0 Å². The van der Waals surface area contributed by atoms with Gasteiger partial charge in [0.05, 0.1) is 15.9 Å². The van der Waals surface area contributed by atoms with E-state index in [1.54, 1.807) is 6.07 Å². The third-order valence-corrected chi connectivity index (χ3v) is 2.93. The Morgan fingerprint density at radius 1 is 1.47 bits per heavy atom. The molecule has 0 aliphatic carbocycles. The Bertz CT molecular complexity index is 554. The van der Waals surface area contributed by atoms with Gasteiger partial charge in [0.25, 0.3) is 5.91 Å². The SMILES string of the molecule is O=C(CO)Nc1nc2ccc(N(O)O)cc2s1. The van der Waals surface area contributed by atoms with Crippen molar-refractivity contribution in [3.8, 4) is 0 Å². The zero-order valence-electron chi connectivity index (χ0n) is 8.49. The van der Waals surface area contributed by atoms with E-state index in [0.29, 0.717) is 15.3 Å². The summed E-state index contributed by atoms with van der Waals surface area (Å²) in [6.45, 7) is -0.609. The maximum atomic E-state index is 11.0. The van der Waals surface area contributed by atoms with Gasteiger partial charge in [0.15, 0.2) is 5.13 Å². The summed E-state index contributed by atoms with van der Waals surface area (Å²) in [6.07, 6.45) is 0. The molecule has 4 N–H and O–H groups in total. The van der Waals surface area contributed by atoms with Crippen LogP contribution >= 0.6 is 11.3 Å². The van der Waals surface area contributed by atoms with Crippen molar-refractivity contribution in [3.63, 3.8) is 0 Å². The minimum atomic E-state index is -0.609. The first-order chi connectivity index (χ1) is 8.10. The second-order valence-electron chi connectivity index (χ2n) is 3.17. The molecular weight excluding hydrogens is 246 g/mol. The summed E-state index contributed by atoms with van der Waals surface area (Å²) < 4.78 is 0.684. The number of nitrogens with one attached hydrogen (secondary N) is 1. The van der Waals surface area contributed by atoms with Crippen LogP contribution in [0.25, 0.3) is 10.2 Å². The maximum absolute atomic E-state index is 11.0. The summed E-state index contributed by atoms with van der Waals surface area (Å²) in [6, 6.07) is 4.58. The number of aromatic nitrogens is 1. The van der Waals surface area contributed by atoms with Crippen LogP contribution < -0.4 is 10.5 Å². The highest BCUT2D eigenvalue weighted by Crippen LogP contribution is 2.28. The molecule has 1 aromatic carbocycles. The molecule has 7 nitrogen and oxygen atoms in total. The number of thiazole rings is 1. The van der Waals surface area contributed by atoms with Crippen molar-refractivity contribution in [3.05, 3.63) is 18.2 Å². The van der Waals surface area contributed by atoms with E-state index in [2.05, 4.69) is 10.3 Å². The third kappa shape index (κ3) is 2.50.